The lowest BCUT2D eigenvalue weighted by molar-refractivity contribution is -0.0907. The molecular weight excluding hydrogens is 526 g/mol. The van der Waals surface area contributed by atoms with Gasteiger partial charge in [-0.15, -0.1) is 0 Å². The topological polar surface area (TPSA) is 161 Å². The zero-order chi connectivity index (χ0) is 28.2. The number of alkyl carbamates (subject to hydrolysis) is 1. The maximum atomic E-state index is 13.5. The number of hydrogen-bond donors (Lipinski definition) is 4. The van der Waals surface area contributed by atoms with E-state index in [1.54, 1.807) is 24.3 Å². The Balaban J connectivity index is 1.52. The first kappa shape index (κ1) is 29.1. The molecule has 0 spiro atoms. The minimum Gasteiger partial charge on any atom is -0.508 e. The van der Waals surface area contributed by atoms with Crippen LogP contribution in [0.3, 0.4) is 0 Å². The molecule has 5 N–H and O–H groups in total. The average molecular weight is 564 g/mol. The van der Waals surface area contributed by atoms with Crippen molar-refractivity contribution in [2.24, 2.45) is 11.8 Å². The number of nitrogens with two attached hydrogens (primary N) is 1. The summed E-state index contributed by atoms with van der Waals surface area (Å²) in [4.78, 5) is 13.0. The van der Waals surface area contributed by atoms with Crippen molar-refractivity contribution in [2.45, 2.75) is 56.1 Å². The summed E-state index contributed by atoms with van der Waals surface area (Å²) in [5, 5.41) is 23.7. The van der Waals surface area contributed by atoms with Crippen molar-refractivity contribution in [3.8, 4) is 5.75 Å². The summed E-state index contributed by atoms with van der Waals surface area (Å²) in [5.74, 6) is -0.0132. The van der Waals surface area contributed by atoms with Crippen LogP contribution in [0.25, 0.3) is 0 Å². The molecule has 39 heavy (non-hydrogen) atoms. The number of aliphatic hydroxyl groups is 1. The molecule has 2 aromatic rings. The molecule has 2 saturated heterocycles. The Morgan fingerprint density at radius 3 is 2.62 bits per heavy atom. The molecule has 2 aromatic carbocycles. The number of amides is 1. The Kier molecular flexibility index (Phi) is 9.34. The number of sulfonamides is 1. The molecule has 5 atom stereocenters. The molecule has 0 aromatic heterocycles. The quantitative estimate of drug-likeness (QED) is 0.300. The number of fused-ring (bicyclic) bond motifs is 1. The summed E-state index contributed by atoms with van der Waals surface area (Å²) in [5.41, 5.74) is 6.86. The molecule has 2 fully saturated rings. The number of benzene rings is 2. The van der Waals surface area contributed by atoms with E-state index in [0.29, 0.717) is 18.7 Å². The number of ether oxygens (including phenoxy) is 3. The number of nitrogens with one attached hydrogen (secondary N) is 1. The predicted octanol–water partition coefficient (Wildman–Crippen LogP) is 2.08. The number of rotatable bonds is 11. The molecular formula is C27H37N3O8S. The third kappa shape index (κ3) is 7.40. The molecule has 0 aliphatic carbocycles. The molecule has 214 valence electrons. The minimum absolute atomic E-state index is 0.0207. The van der Waals surface area contributed by atoms with Gasteiger partial charge in [0.2, 0.25) is 10.0 Å². The second-order valence-corrected chi connectivity index (χ2v) is 12.4. The maximum Gasteiger partial charge on any atom is 0.407 e. The van der Waals surface area contributed by atoms with Crippen LogP contribution in [-0.4, -0.2) is 79.9 Å². The van der Waals surface area contributed by atoms with E-state index in [9.17, 15) is 23.4 Å². The third-order valence-corrected chi connectivity index (χ3v) is 8.69. The molecule has 11 nitrogen and oxygen atoms in total. The summed E-state index contributed by atoms with van der Waals surface area (Å²) in [7, 11) is -4.00. The molecule has 0 radical (unpaired) electrons. The average Bonchev–Trinajstić information content (AvgIpc) is 3.49. The van der Waals surface area contributed by atoms with Gasteiger partial charge >= 0.3 is 6.09 Å². The molecule has 2 aliphatic heterocycles. The summed E-state index contributed by atoms with van der Waals surface area (Å²) in [6.45, 7) is 4.38. The van der Waals surface area contributed by atoms with Crippen LogP contribution in [0, 0.1) is 11.8 Å². The van der Waals surface area contributed by atoms with Gasteiger partial charge < -0.3 is 35.5 Å². The fraction of sp³-hybridized carbons (Fsp3) is 0.519. The molecule has 1 unspecified atom stereocenters. The fourth-order valence-electron chi connectivity index (χ4n) is 4.88. The van der Waals surface area contributed by atoms with Gasteiger partial charge in [-0.1, -0.05) is 32.0 Å². The van der Waals surface area contributed by atoms with E-state index in [2.05, 4.69) is 5.32 Å². The number of nitrogens with zero attached hydrogens (tertiary/aromatic N) is 1. The zero-order valence-corrected chi connectivity index (χ0v) is 22.9. The third-order valence-electron chi connectivity index (χ3n) is 6.86. The van der Waals surface area contributed by atoms with Gasteiger partial charge in [-0.05, 0) is 54.7 Å². The smallest absolute Gasteiger partial charge is 0.407 e. The number of carbonyl (C=O) groups excluding carboxylic acids is 1. The van der Waals surface area contributed by atoms with Gasteiger partial charge in [0.15, 0.2) is 6.29 Å². The van der Waals surface area contributed by atoms with Gasteiger partial charge in [0.1, 0.15) is 11.9 Å². The number of aromatic hydroxyl groups is 1. The second kappa shape index (κ2) is 12.5. The lowest BCUT2D eigenvalue weighted by atomic mass is 10.0. The highest BCUT2D eigenvalue weighted by atomic mass is 32.2. The largest absolute Gasteiger partial charge is 0.508 e. The standard InChI is InChI=1S/C27H37N3O8S/c1-17(2)14-30(39(34,35)21-5-3-4-19(28)13-21)15-24(32)23(12-18-6-8-20(31)9-7-18)29-27(33)38-25-16-37-26-22(25)10-11-36-26/h3-9,13,17,22-26,31-32H,10-12,14-16,28H2,1-2H3,(H,29,33)/t22-,23?,24+,25-,26+/m0/s1. The van der Waals surface area contributed by atoms with Crippen molar-refractivity contribution >= 4 is 21.8 Å². The molecule has 2 heterocycles. The summed E-state index contributed by atoms with van der Waals surface area (Å²) >= 11 is 0. The van der Waals surface area contributed by atoms with Gasteiger partial charge in [-0.3, -0.25) is 0 Å². The van der Waals surface area contributed by atoms with Crippen LogP contribution >= 0.6 is 0 Å². The van der Waals surface area contributed by atoms with Crippen molar-refractivity contribution in [3.63, 3.8) is 0 Å². The number of hydrogen-bond acceptors (Lipinski definition) is 9. The van der Waals surface area contributed by atoms with Crippen LogP contribution in [0.4, 0.5) is 10.5 Å². The Morgan fingerprint density at radius 1 is 1.18 bits per heavy atom. The first-order valence-corrected chi connectivity index (χ1v) is 14.5. The van der Waals surface area contributed by atoms with Gasteiger partial charge in [0.05, 0.1) is 36.2 Å². The van der Waals surface area contributed by atoms with Crippen molar-refractivity contribution in [1.82, 2.24) is 9.62 Å². The Hall–Kier alpha value is -2.90. The van der Waals surface area contributed by atoms with Crippen LogP contribution in [0.2, 0.25) is 0 Å². The van der Waals surface area contributed by atoms with E-state index in [4.69, 9.17) is 19.9 Å². The van der Waals surface area contributed by atoms with E-state index in [-0.39, 0.29) is 54.9 Å². The first-order chi connectivity index (χ1) is 18.5. The van der Waals surface area contributed by atoms with Crippen molar-refractivity contribution in [2.75, 3.05) is 32.0 Å². The number of phenolic OH excluding ortho intramolecular Hbond substituents is 1. The summed E-state index contributed by atoms with van der Waals surface area (Å²) in [6, 6.07) is 11.4. The van der Waals surface area contributed by atoms with Crippen molar-refractivity contribution in [1.29, 1.82) is 0 Å². The maximum absolute atomic E-state index is 13.5. The minimum atomic E-state index is -4.00. The molecule has 4 rings (SSSR count). The lowest BCUT2D eigenvalue weighted by Gasteiger charge is -2.31. The highest BCUT2D eigenvalue weighted by Gasteiger charge is 2.44. The van der Waals surface area contributed by atoms with Crippen LogP contribution in [0.1, 0.15) is 25.8 Å². The lowest BCUT2D eigenvalue weighted by Crippen LogP contribution is -2.51. The Bertz CT molecular complexity index is 1220. The molecule has 2 aliphatic rings. The van der Waals surface area contributed by atoms with E-state index >= 15 is 0 Å². The molecule has 0 saturated carbocycles. The Morgan fingerprint density at radius 2 is 1.92 bits per heavy atom. The van der Waals surface area contributed by atoms with E-state index < -0.39 is 34.4 Å². The number of aliphatic hydroxyl groups excluding tert-OH is 1. The van der Waals surface area contributed by atoms with E-state index in [1.807, 2.05) is 13.8 Å². The zero-order valence-electron chi connectivity index (χ0n) is 22.1. The number of carbonyl (C=O) groups is 1. The van der Waals surface area contributed by atoms with Crippen LogP contribution in [0.15, 0.2) is 53.4 Å². The summed E-state index contributed by atoms with van der Waals surface area (Å²) in [6.07, 6.45) is -2.01. The van der Waals surface area contributed by atoms with Gasteiger partial charge in [0.25, 0.3) is 0 Å². The number of phenols is 1. The van der Waals surface area contributed by atoms with Crippen LogP contribution in [-0.2, 0) is 30.7 Å². The van der Waals surface area contributed by atoms with E-state index in [0.717, 1.165) is 5.56 Å². The molecule has 0 bridgehead atoms. The van der Waals surface area contributed by atoms with Gasteiger partial charge in [0, 0.05) is 18.8 Å². The fourth-order valence-corrected chi connectivity index (χ4v) is 6.55. The normalized spacial score (nSPS) is 22.5. The second-order valence-electron chi connectivity index (χ2n) is 10.4. The van der Waals surface area contributed by atoms with Crippen molar-refractivity contribution < 1.29 is 37.6 Å². The monoisotopic (exact) mass is 563 g/mol. The van der Waals surface area contributed by atoms with Gasteiger partial charge in [-0.2, -0.15) is 4.31 Å². The molecule has 1 amide bonds. The first-order valence-electron chi connectivity index (χ1n) is 13.0. The highest BCUT2D eigenvalue weighted by Crippen LogP contribution is 2.33. The molecule has 12 heteroatoms. The predicted molar refractivity (Wildman–Crippen MR) is 143 cm³/mol. The number of anilines is 1. The number of nitrogen functional groups attached to an aromatic ring is 1. The Labute approximate surface area is 228 Å². The van der Waals surface area contributed by atoms with E-state index in [1.165, 1.54) is 28.6 Å². The van der Waals surface area contributed by atoms with Crippen molar-refractivity contribution in [3.05, 3.63) is 54.1 Å². The highest BCUT2D eigenvalue weighted by molar-refractivity contribution is 7.89. The van der Waals surface area contributed by atoms with Gasteiger partial charge in [-0.25, -0.2) is 13.2 Å². The summed E-state index contributed by atoms with van der Waals surface area (Å²) < 4.78 is 44.9. The van der Waals surface area contributed by atoms with Crippen LogP contribution in [0.5, 0.6) is 5.75 Å². The van der Waals surface area contributed by atoms with Crippen LogP contribution < -0.4 is 11.1 Å². The SMILES string of the molecule is CC(C)CN(C[C@@H](O)C(Cc1ccc(O)cc1)NC(=O)O[C@H]1CO[C@H]2OCC[C@H]21)S(=O)(=O)c1cccc(N)c1.